The third kappa shape index (κ3) is 3.29. The molecule has 4 heterocycles. The van der Waals surface area contributed by atoms with E-state index in [1.54, 1.807) is 18.5 Å². The summed E-state index contributed by atoms with van der Waals surface area (Å²) in [6, 6.07) is 4.57. The predicted octanol–water partition coefficient (Wildman–Crippen LogP) is 3.72. The first-order valence-corrected chi connectivity index (χ1v) is 8.23. The molecule has 3 aromatic rings. The van der Waals surface area contributed by atoms with Gasteiger partial charge >= 0.3 is 6.18 Å². The first-order valence-electron chi connectivity index (χ1n) is 8.23. The molecule has 0 spiro atoms. The van der Waals surface area contributed by atoms with E-state index in [-0.39, 0.29) is 11.9 Å². The van der Waals surface area contributed by atoms with E-state index in [2.05, 4.69) is 25.2 Å². The second kappa shape index (κ2) is 6.47. The summed E-state index contributed by atoms with van der Waals surface area (Å²) in [5.74, 6) is 0.995. The highest BCUT2D eigenvalue weighted by molar-refractivity contribution is 5.88. The maximum atomic E-state index is 12.8. The molecule has 0 bridgehead atoms. The maximum absolute atomic E-state index is 12.8. The lowest BCUT2D eigenvalue weighted by Gasteiger charge is -2.34. The van der Waals surface area contributed by atoms with E-state index in [0.717, 1.165) is 48.6 Å². The quantitative estimate of drug-likeness (QED) is 0.765. The molecule has 136 valence electrons. The van der Waals surface area contributed by atoms with Crippen molar-refractivity contribution < 1.29 is 17.6 Å². The van der Waals surface area contributed by atoms with Crippen molar-refractivity contribution in [2.24, 2.45) is 0 Å². The number of furan rings is 1. The monoisotopic (exact) mass is 363 g/mol. The van der Waals surface area contributed by atoms with Crippen LogP contribution < -0.4 is 10.2 Å². The Balaban J connectivity index is 1.52. The minimum Gasteiger partial charge on any atom is -0.464 e. The summed E-state index contributed by atoms with van der Waals surface area (Å²) in [6.07, 6.45) is 1.49. The van der Waals surface area contributed by atoms with E-state index in [1.165, 1.54) is 0 Å². The number of hydrogen-bond acceptors (Lipinski definition) is 6. The van der Waals surface area contributed by atoms with Gasteiger partial charge in [0.1, 0.15) is 29.2 Å². The fraction of sp³-hybridized carbons (Fsp3) is 0.353. The number of pyridine rings is 1. The summed E-state index contributed by atoms with van der Waals surface area (Å²) in [5.41, 5.74) is -0.191. The van der Waals surface area contributed by atoms with Gasteiger partial charge in [0.15, 0.2) is 0 Å². The normalized spacial score (nSPS) is 18.3. The van der Waals surface area contributed by atoms with Crippen LogP contribution >= 0.6 is 0 Å². The topological polar surface area (TPSA) is 67.1 Å². The van der Waals surface area contributed by atoms with Crippen molar-refractivity contribution in [3.8, 4) is 0 Å². The van der Waals surface area contributed by atoms with Crippen molar-refractivity contribution in [1.29, 1.82) is 0 Å². The summed E-state index contributed by atoms with van der Waals surface area (Å²) >= 11 is 0. The summed E-state index contributed by atoms with van der Waals surface area (Å²) in [6.45, 7) is 1.44. The van der Waals surface area contributed by atoms with Gasteiger partial charge in [0.05, 0.1) is 11.6 Å². The number of aromatic nitrogens is 3. The number of nitrogens with one attached hydrogen (secondary N) is 1. The molecule has 6 nitrogen and oxygen atoms in total. The third-order valence-corrected chi connectivity index (χ3v) is 4.39. The zero-order chi connectivity index (χ0) is 18.1. The molecule has 0 radical (unpaired) electrons. The lowest BCUT2D eigenvalue weighted by atomic mass is 10.1. The number of hydrogen-bond donors (Lipinski definition) is 1. The van der Waals surface area contributed by atoms with Gasteiger partial charge in [-0.2, -0.15) is 13.2 Å². The zero-order valence-electron chi connectivity index (χ0n) is 13.7. The largest absolute Gasteiger partial charge is 0.464 e. The molecule has 1 aliphatic rings. The SMILES string of the molecule is FC(F)(F)c1cc(NC2CCCN(c3nccc4occc34)C2)ncn1. The second-order valence-electron chi connectivity index (χ2n) is 6.18. The smallest absolute Gasteiger partial charge is 0.433 e. The van der Waals surface area contributed by atoms with Crippen LogP contribution in [0.25, 0.3) is 11.0 Å². The number of nitrogens with zero attached hydrogens (tertiary/aromatic N) is 4. The van der Waals surface area contributed by atoms with E-state index >= 15 is 0 Å². The molecule has 0 aromatic carbocycles. The molecule has 1 fully saturated rings. The molecule has 3 aromatic heterocycles. The lowest BCUT2D eigenvalue weighted by molar-refractivity contribution is -0.141. The van der Waals surface area contributed by atoms with Crippen LogP contribution in [-0.4, -0.2) is 34.1 Å². The standard InChI is InChI=1S/C17H16F3N5O/c18-17(19,20)14-8-15(23-10-22-14)24-11-2-1-6-25(9-11)16-12-4-7-26-13(12)3-5-21-16/h3-5,7-8,10-11H,1-2,6,9H2,(H,22,23,24). The maximum Gasteiger partial charge on any atom is 0.433 e. The van der Waals surface area contributed by atoms with Crippen LogP contribution in [0.3, 0.4) is 0 Å². The minimum absolute atomic E-state index is 0.0382. The van der Waals surface area contributed by atoms with Crippen molar-refractivity contribution in [1.82, 2.24) is 15.0 Å². The van der Waals surface area contributed by atoms with Gasteiger partial charge in [0.25, 0.3) is 0 Å². The number of rotatable bonds is 3. The third-order valence-electron chi connectivity index (χ3n) is 4.39. The Labute approximate surface area is 147 Å². The molecule has 1 unspecified atom stereocenters. The van der Waals surface area contributed by atoms with E-state index in [4.69, 9.17) is 4.42 Å². The minimum atomic E-state index is -4.49. The fourth-order valence-corrected chi connectivity index (χ4v) is 3.22. The number of fused-ring (bicyclic) bond motifs is 1. The Morgan fingerprint density at radius 3 is 2.92 bits per heavy atom. The van der Waals surface area contributed by atoms with Gasteiger partial charge in [-0.1, -0.05) is 0 Å². The second-order valence-corrected chi connectivity index (χ2v) is 6.18. The summed E-state index contributed by atoms with van der Waals surface area (Å²) < 4.78 is 43.8. The average Bonchev–Trinajstić information content (AvgIpc) is 3.10. The zero-order valence-corrected chi connectivity index (χ0v) is 13.7. The van der Waals surface area contributed by atoms with Crippen LogP contribution in [0, 0.1) is 0 Å². The van der Waals surface area contributed by atoms with Crippen LogP contribution in [0.1, 0.15) is 18.5 Å². The van der Waals surface area contributed by atoms with E-state index in [9.17, 15) is 13.2 Å². The van der Waals surface area contributed by atoms with Crippen molar-refractivity contribution in [2.45, 2.75) is 25.1 Å². The molecular formula is C17H16F3N5O. The fourth-order valence-electron chi connectivity index (χ4n) is 3.22. The van der Waals surface area contributed by atoms with Gasteiger partial charge in [0.2, 0.25) is 0 Å². The van der Waals surface area contributed by atoms with E-state index in [0.29, 0.717) is 6.54 Å². The Kier molecular flexibility index (Phi) is 4.14. The van der Waals surface area contributed by atoms with Crippen LogP contribution in [-0.2, 0) is 6.18 Å². The van der Waals surface area contributed by atoms with Crippen molar-refractivity contribution in [3.63, 3.8) is 0 Å². The first-order chi connectivity index (χ1) is 12.5. The number of piperidine rings is 1. The van der Waals surface area contributed by atoms with Crippen LogP contribution in [0.15, 0.2) is 41.4 Å². The van der Waals surface area contributed by atoms with Gasteiger partial charge in [0, 0.05) is 31.4 Å². The van der Waals surface area contributed by atoms with Crippen molar-refractivity contribution >= 4 is 22.6 Å². The molecular weight excluding hydrogens is 347 g/mol. The molecule has 1 aliphatic heterocycles. The van der Waals surface area contributed by atoms with Crippen LogP contribution in [0.5, 0.6) is 0 Å². The van der Waals surface area contributed by atoms with Crippen molar-refractivity contribution in [3.05, 3.63) is 42.7 Å². The van der Waals surface area contributed by atoms with Gasteiger partial charge < -0.3 is 14.6 Å². The van der Waals surface area contributed by atoms with Crippen LogP contribution in [0.2, 0.25) is 0 Å². The Hall–Kier alpha value is -2.84. The van der Waals surface area contributed by atoms with E-state index in [1.807, 2.05) is 6.07 Å². The van der Waals surface area contributed by atoms with Gasteiger partial charge in [-0.3, -0.25) is 0 Å². The highest BCUT2D eigenvalue weighted by Gasteiger charge is 2.33. The summed E-state index contributed by atoms with van der Waals surface area (Å²) in [5, 5.41) is 4.02. The van der Waals surface area contributed by atoms with E-state index < -0.39 is 11.9 Å². The van der Waals surface area contributed by atoms with Crippen molar-refractivity contribution in [2.75, 3.05) is 23.3 Å². The Bertz CT molecular complexity index is 911. The molecule has 0 amide bonds. The Morgan fingerprint density at radius 2 is 2.08 bits per heavy atom. The number of anilines is 2. The molecule has 0 aliphatic carbocycles. The van der Waals surface area contributed by atoms with Crippen LogP contribution in [0.4, 0.5) is 24.8 Å². The molecule has 1 saturated heterocycles. The average molecular weight is 363 g/mol. The molecule has 1 atom stereocenters. The molecule has 9 heteroatoms. The van der Waals surface area contributed by atoms with Gasteiger partial charge in [-0.05, 0) is 25.0 Å². The summed E-state index contributed by atoms with van der Waals surface area (Å²) in [7, 11) is 0. The number of alkyl halides is 3. The summed E-state index contributed by atoms with van der Waals surface area (Å²) in [4.78, 5) is 13.8. The highest BCUT2D eigenvalue weighted by atomic mass is 19.4. The molecule has 0 saturated carbocycles. The Morgan fingerprint density at radius 1 is 1.19 bits per heavy atom. The highest BCUT2D eigenvalue weighted by Crippen LogP contribution is 2.30. The van der Waals surface area contributed by atoms with Gasteiger partial charge in [-0.15, -0.1) is 0 Å². The molecule has 26 heavy (non-hydrogen) atoms. The molecule has 4 rings (SSSR count). The predicted molar refractivity (Wildman–Crippen MR) is 89.9 cm³/mol. The van der Waals surface area contributed by atoms with Gasteiger partial charge in [-0.25, -0.2) is 15.0 Å². The molecule has 1 N–H and O–H groups in total. The first kappa shape index (κ1) is 16.6. The number of halogens is 3. The lowest BCUT2D eigenvalue weighted by Crippen LogP contribution is -2.42.